The van der Waals surface area contributed by atoms with Crippen molar-refractivity contribution in [2.75, 3.05) is 4.90 Å². The number of hydrogen-bond donors (Lipinski definition) is 1. The van der Waals surface area contributed by atoms with Gasteiger partial charge in [-0.3, -0.25) is 19.8 Å². The summed E-state index contributed by atoms with van der Waals surface area (Å²) in [7, 11) is 0. The SMILES string of the molecule is CCc1ccc(N2C(=O)C(=Cc3ccccc3Cl)C(=O)NC2=S)cc1. The first kappa shape index (κ1) is 17.3. The van der Waals surface area contributed by atoms with Crippen LogP contribution in [0.15, 0.2) is 54.1 Å². The van der Waals surface area contributed by atoms with Gasteiger partial charge in [0.25, 0.3) is 11.8 Å². The molecule has 1 aliphatic rings. The first-order valence-electron chi connectivity index (χ1n) is 7.76. The fourth-order valence-corrected chi connectivity index (χ4v) is 2.99. The summed E-state index contributed by atoms with van der Waals surface area (Å²) < 4.78 is 0. The van der Waals surface area contributed by atoms with E-state index >= 15 is 0 Å². The molecule has 1 N–H and O–H groups in total. The van der Waals surface area contributed by atoms with Gasteiger partial charge >= 0.3 is 0 Å². The average molecular weight is 371 g/mol. The van der Waals surface area contributed by atoms with Crippen LogP contribution in [-0.2, 0) is 16.0 Å². The number of nitrogens with zero attached hydrogens (tertiary/aromatic N) is 1. The predicted molar refractivity (Wildman–Crippen MR) is 103 cm³/mol. The van der Waals surface area contributed by atoms with Crippen molar-refractivity contribution in [3.05, 3.63) is 70.3 Å². The van der Waals surface area contributed by atoms with Crippen molar-refractivity contribution in [2.24, 2.45) is 0 Å². The molecule has 1 fully saturated rings. The molecule has 0 aromatic heterocycles. The van der Waals surface area contributed by atoms with Crippen LogP contribution in [0.5, 0.6) is 0 Å². The largest absolute Gasteiger partial charge is 0.298 e. The van der Waals surface area contributed by atoms with E-state index in [-0.39, 0.29) is 10.7 Å². The highest BCUT2D eigenvalue weighted by Gasteiger charge is 2.34. The van der Waals surface area contributed by atoms with Crippen LogP contribution in [0.25, 0.3) is 6.08 Å². The van der Waals surface area contributed by atoms with Crippen molar-refractivity contribution in [3.8, 4) is 0 Å². The molecule has 0 saturated carbocycles. The molecule has 0 bridgehead atoms. The Bertz CT molecular complexity index is 891. The third kappa shape index (κ3) is 3.48. The highest BCUT2D eigenvalue weighted by Crippen LogP contribution is 2.24. The van der Waals surface area contributed by atoms with Crippen LogP contribution >= 0.6 is 23.8 Å². The van der Waals surface area contributed by atoms with Crippen LogP contribution in [-0.4, -0.2) is 16.9 Å². The zero-order chi connectivity index (χ0) is 18.0. The smallest absolute Gasteiger partial charge is 0.270 e. The number of nitrogens with one attached hydrogen (secondary N) is 1. The molecule has 1 saturated heterocycles. The summed E-state index contributed by atoms with van der Waals surface area (Å²) in [5.41, 5.74) is 2.34. The number of benzene rings is 2. The number of halogens is 1. The third-order valence-corrected chi connectivity index (χ3v) is 4.54. The quantitative estimate of drug-likeness (QED) is 0.508. The van der Waals surface area contributed by atoms with E-state index in [1.54, 1.807) is 24.3 Å². The maximum atomic E-state index is 12.9. The highest BCUT2D eigenvalue weighted by atomic mass is 35.5. The molecule has 4 nitrogen and oxygen atoms in total. The number of anilines is 1. The summed E-state index contributed by atoms with van der Waals surface area (Å²) in [5, 5.41) is 3.09. The van der Waals surface area contributed by atoms with Crippen LogP contribution in [0.2, 0.25) is 5.02 Å². The Kier molecular flexibility index (Phi) is 4.97. The van der Waals surface area contributed by atoms with Crippen molar-refractivity contribution in [1.29, 1.82) is 0 Å². The Hall–Kier alpha value is -2.50. The van der Waals surface area contributed by atoms with Crippen molar-refractivity contribution in [2.45, 2.75) is 13.3 Å². The van der Waals surface area contributed by atoms with E-state index in [1.165, 1.54) is 11.0 Å². The zero-order valence-corrected chi connectivity index (χ0v) is 15.0. The summed E-state index contributed by atoms with van der Waals surface area (Å²) in [4.78, 5) is 26.5. The molecule has 2 amide bonds. The van der Waals surface area contributed by atoms with E-state index in [1.807, 2.05) is 24.3 Å². The van der Waals surface area contributed by atoms with Gasteiger partial charge in [0.05, 0.1) is 5.69 Å². The molecule has 0 spiro atoms. The van der Waals surface area contributed by atoms with Crippen molar-refractivity contribution in [3.63, 3.8) is 0 Å². The molecular weight excluding hydrogens is 356 g/mol. The fraction of sp³-hybridized carbons (Fsp3) is 0.105. The van der Waals surface area contributed by atoms with E-state index in [0.717, 1.165) is 12.0 Å². The lowest BCUT2D eigenvalue weighted by molar-refractivity contribution is -0.122. The molecule has 2 aromatic carbocycles. The number of hydrogen-bond acceptors (Lipinski definition) is 3. The van der Waals surface area contributed by atoms with E-state index in [0.29, 0.717) is 16.3 Å². The summed E-state index contributed by atoms with van der Waals surface area (Å²) >= 11 is 11.3. The molecule has 1 heterocycles. The zero-order valence-electron chi connectivity index (χ0n) is 13.5. The minimum Gasteiger partial charge on any atom is -0.298 e. The Morgan fingerprint density at radius 2 is 1.80 bits per heavy atom. The Morgan fingerprint density at radius 3 is 2.44 bits per heavy atom. The predicted octanol–water partition coefficient (Wildman–Crippen LogP) is 3.73. The van der Waals surface area contributed by atoms with E-state index in [9.17, 15) is 9.59 Å². The summed E-state index contributed by atoms with van der Waals surface area (Å²) in [5.74, 6) is -1.01. The monoisotopic (exact) mass is 370 g/mol. The Balaban J connectivity index is 2.01. The van der Waals surface area contributed by atoms with Crippen molar-refractivity contribution < 1.29 is 9.59 Å². The summed E-state index contributed by atoms with van der Waals surface area (Å²) in [6.07, 6.45) is 2.38. The number of thiocarbonyl (C=S) groups is 1. The maximum absolute atomic E-state index is 12.9. The maximum Gasteiger partial charge on any atom is 0.270 e. The number of carbonyl (C=O) groups is 2. The normalized spacial score (nSPS) is 16.3. The molecule has 0 radical (unpaired) electrons. The van der Waals surface area contributed by atoms with E-state index in [4.69, 9.17) is 23.8 Å². The summed E-state index contributed by atoms with van der Waals surface area (Å²) in [6, 6.07) is 14.5. The van der Waals surface area contributed by atoms with E-state index < -0.39 is 11.8 Å². The minimum atomic E-state index is -0.531. The number of amides is 2. The van der Waals surface area contributed by atoms with E-state index in [2.05, 4.69) is 12.2 Å². The lowest BCUT2D eigenvalue weighted by Crippen LogP contribution is -2.54. The fourth-order valence-electron chi connectivity index (χ4n) is 2.52. The molecule has 3 rings (SSSR count). The van der Waals surface area contributed by atoms with Gasteiger partial charge in [0.15, 0.2) is 5.11 Å². The minimum absolute atomic E-state index is 0.0127. The lowest BCUT2D eigenvalue weighted by atomic mass is 10.1. The highest BCUT2D eigenvalue weighted by molar-refractivity contribution is 7.80. The van der Waals surface area contributed by atoms with Crippen molar-refractivity contribution in [1.82, 2.24) is 5.32 Å². The van der Waals surface area contributed by atoms with Gasteiger partial charge in [-0.2, -0.15) is 0 Å². The van der Waals surface area contributed by atoms with Gasteiger partial charge in [0.1, 0.15) is 5.57 Å². The molecule has 0 atom stereocenters. The van der Waals surface area contributed by atoms with Crippen molar-refractivity contribution >= 4 is 52.5 Å². The van der Waals surface area contributed by atoms with Gasteiger partial charge in [-0.05, 0) is 54.0 Å². The van der Waals surface area contributed by atoms with Gasteiger partial charge < -0.3 is 0 Å². The Morgan fingerprint density at radius 1 is 1.12 bits per heavy atom. The number of rotatable bonds is 3. The Labute approximate surface area is 156 Å². The third-order valence-electron chi connectivity index (χ3n) is 3.91. The summed E-state index contributed by atoms with van der Waals surface area (Å²) in [6.45, 7) is 2.05. The topological polar surface area (TPSA) is 49.4 Å². The van der Waals surface area contributed by atoms with Crippen LogP contribution in [0, 0.1) is 0 Å². The molecule has 25 heavy (non-hydrogen) atoms. The molecule has 6 heteroatoms. The molecule has 0 aliphatic carbocycles. The van der Waals surface area contributed by atoms with Crippen LogP contribution in [0.4, 0.5) is 5.69 Å². The second kappa shape index (κ2) is 7.17. The number of carbonyl (C=O) groups excluding carboxylic acids is 2. The first-order valence-corrected chi connectivity index (χ1v) is 8.55. The van der Waals surface area contributed by atoms with Gasteiger partial charge in [-0.25, -0.2) is 0 Å². The van der Waals surface area contributed by atoms with Gasteiger partial charge in [0.2, 0.25) is 0 Å². The van der Waals surface area contributed by atoms with Gasteiger partial charge in [-0.15, -0.1) is 0 Å². The first-order chi connectivity index (χ1) is 12.0. The van der Waals surface area contributed by atoms with Crippen LogP contribution in [0.1, 0.15) is 18.1 Å². The molecule has 1 aliphatic heterocycles. The van der Waals surface area contributed by atoms with Gasteiger partial charge in [0, 0.05) is 5.02 Å². The van der Waals surface area contributed by atoms with Crippen LogP contribution < -0.4 is 10.2 Å². The molecule has 126 valence electrons. The molecule has 0 unspecified atom stereocenters. The second-order valence-corrected chi connectivity index (χ2v) is 6.29. The molecule has 2 aromatic rings. The van der Waals surface area contributed by atoms with Crippen LogP contribution in [0.3, 0.4) is 0 Å². The molecular formula is C19H15ClN2O2S. The standard InChI is InChI=1S/C19H15ClN2O2S/c1-2-12-7-9-14(10-8-12)22-18(24)15(17(23)21-19(22)25)11-13-5-3-4-6-16(13)20/h3-11H,2H2,1H3,(H,21,23,25). The second-order valence-electron chi connectivity index (χ2n) is 5.50. The average Bonchev–Trinajstić information content (AvgIpc) is 2.60. The number of aryl methyl sites for hydroxylation is 1. The lowest BCUT2D eigenvalue weighted by Gasteiger charge is -2.29. The van der Waals surface area contributed by atoms with Gasteiger partial charge in [-0.1, -0.05) is 48.9 Å².